The van der Waals surface area contributed by atoms with Gasteiger partial charge >= 0.3 is 6.03 Å². The summed E-state index contributed by atoms with van der Waals surface area (Å²) < 4.78 is 11.4. The highest BCUT2D eigenvalue weighted by Crippen LogP contribution is 2.25. The van der Waals surface area contributed by atoms with Gasteiger partial charge < -0.3 is 20.1 Å². The van der Waals surface area contributed by atoms with Crippen LogP contribution in [0.4, 0.5) is 16.2 Å². The van der Waals surface area contributed by atoms with Crippen molar-refractivity contribution in [3.8, 4) is 5.75 Å². The van der Waals surface area contributed by atoms with E-state index in [9.17, 15) is 4.79 Å². The second kappa shape index (κ2) is 7.65. The average molecular weight is 312 g/mol. The minimum Gasteiger partial charge on any atom is -0.489 e. The van der Waals surface area contributed by atoms with Gasteiger partial charge in [-0.25, -0.2) is 4.79 Å². The molecule has 23 heavy (non-hydrogen) atoms. The van der Waals surface area contributed by atoms with Crippen LogP contribution in [-0.4, -0.2) is 25.3 Å². The van der Waals surface area contributed by atoms with Gasteiger partial charge in [0.15, 0.2) is 0 Å². The van der Waals surface area contributed by atoms with Gasteiger partial charge in [-0.3, -0.25) is 0 Å². The molecule has 5 heteroatoms. The van der Waals surface area contributed by atoms with Crippen molar-refractivity contribution < 1.29 is 14.3 Å². The Kier molecular flexibility index (Phi) is 5.11. The molecule has 1 aliphatic rings. The maximum Gasteiger partial charge on any atom is 0.323 e. The second-order valence-corrected chi connectivity index (χ2v) is 5.39. The normalized spacial score (nSPS) is 16.8. The molecule has 3 rings (SSSR count). The summed E-state index contributed by atoms with van der Waals surface area (Å²) in [6.45, 7) is 1.30. The minimum absolute atomic E-state index is 0.140. The predicted molar refractivity (Wildman–Crippen MR) is 90.0 cm³/mol. The first-order chi connectivity index (χ1) is 11.3. The Hall–Kier alpha value is -2.53. The highest BCUT2D eigenvalue weighted by atomic mass is 16.5. The fourth-order valence-corrected chi connectivity index (χ4v) is 2.46. The molecule has 2 aromatic rings. The van der Waals surface area contributed by atoms with Crippen LogP contribution in [0, 0.1) is 0 Å². The summed E-state index contributed by atoms with van der Waals surface area (Å²) in [7, 11) is 0. The maximum absolute atomic E-state index is 12.1. The molecular formula is C18H20N2O3. The summed E-state index contributed by atoms with van der Waals surface area (Å²) in [4.78, 5) is 12.1. The molecule has 5 nitrogen and oxygen atoms in total. The van der Waals surface area contributed by atoms with Crippen LogP contribution in [0.2, 0.25) is 0 Å². The number of benzene rings is 2. The Bertz CT molecular complexity index is 640. The van der Waals surface area contributed by atoms with Crippen molar-refractivity contribution in [3.63, 3.8) is 0 Å². The Morgan fingerprint density at radius 1 is 1.09 bits per heavy atom. The molecule has 1 fully saturated rings. The molecule has 2 amide bonds. The first kappa shape index (κ1) is 15.4. The summed E-state index contributed by atoms with van der Waals surface area (Å²) in [6.07, 6.45) is 2.23. The summed E-state index contributed by atoms with van der Waals surface area (Å²) in [6, 6.07) is 16.4. The van der Waals surface area contributed by atoms with Crippen molar-refractivity contribution in [1.29, 1.82) is 0 Å². The molecular weight excluding hydrogens is 292 g/mol. The zero-order chi connectivity index (χ0) is 15.9. The Morgan fingerprint density at radius 3 is 2.65 bits per heavy atom. The number of nitrogens with one attached hydrogen (secondary N) is 2. The van der Waals surface area contributed by atoms with Crippen LogP contribution in [0.1, 0.15) is 12.8 Å². The second-order valence-electron chi connectivity index (χ2n) is 5.39. The quantitative estimate of drug-likeness (QED) is 0.880. The number of ether oxygens (including phenoxy) is 2. The summed E-state index contributed by atoms with van der Waals surface area (Å²) in [5.41, 5.74) is 1.38. The first-order valence-electron chi connectivity index (χ1n) is 7.78. The van der Waals surface area contributed by atoms with Crippen LogP contribution in [0.25, 0.3) is 0 Å². The van der Waals surface area contributed by atoms with Gasteiger partial charge in [0.05, 0.1) is 11.8 Å². The predicted octanol–water partition coefficient (Wildman–Crippen LogP) is 3.89. The van der Waals surface area contributed by atoms with Crippen molar-refractivity contribution in [1.82, 2.24) is 0 Å². The van der Waals surface area contributed by atoms with Crippen LogP contribution in [0.3, 0.4) is 0 Å². The molecule has 0 aliphatic carbocycles. The van der Waals surface area contributed by atoms with E-state index in [1.54, 1.807) is 0 Å². The van der Waals surface area contributed by atoms with E-state index >= 15 is 0 Å². The highest BCUT2D eigenvalue weighted by molar-refractivity contribution is 6.00. The van der Waals surface area contributed by atoms with Gasteiger partial charge in [0.1, 0.15) is 12.4 Å². The number of urea groups is 1. The van der Waals surface area contributed by atoms with E-state index in [4.69, 9.17) is 9.47 Å². The van der Waals surface area contributed by atoms with E-state index in [0.717, 1.165) is 25.1 Å². The Labute approximate surface area is 135 Å². The van der Waals surface area contributed by atoms with Crippen LogP contribution in [-0.2, 0) is 4.74 Å². The molecule has 1 saturated heterocycles. The standard InChI is InChI=1S/C18H20N2O3/c21-18(19-14-7-2-1-3-8-14)20-16-10-4-5-11-17(16)23-13-15-9-6-12-22-15/h1-5,7-8,10-11,15H,6,9,12-13H2,(H2,19,20,21)/t15-/m1/s1. The average Bonchev–Trinajstić information content (AvgIpc) is 3.08. The van der Waals surface area contributed by atoms with Crippen LogP contribution in [0.5, 0.6) is 5.75 Å². The smallest absolute Gasteiger partial charge is 0.323 e. The Morgan fingerprint density at radius 2 is 1.87 bits per heavy atom. The topological polar surface area (TPSA) is 59.6 Å². The largest absolute Gasteiger partial charge is 0.489 e. The van der Waals surface area contributed by atoms with E-state index in [1.165, 1.54) is 0 Å². The van der Waals surface area contributed by atoms with E-state index in [-0.39, 0.29) is 12.1 Å². The van der Waals surface area contributed by atoms with Gasteiger partial charge in [0.25, 0.3) is 0 Å². The molecule has 0 radical (unpaired) electrons. The van der Waals surface area contributed by atoms with Crippen molar-refractivity contribution >= 4 is 17.4 Å². The van der Waals surface area contributed by atoms with Gasteiger partial charge in [-0.2, -0.15) is 0 Å². The molecule has 1 heterocycles. The van der Waals surface area contributed by atoms with Crippen LogP contribution >= 0.6 is 0 Å². The van der Waals surface area contributed by atoms with Crippen molar-refractivity contribution in [2.75, 3.05) is 23.8 Å². The molecule has 0 aromatic heterocycles. The number of anilines is 2. The van der Waals surface area contributed by atoms with Crippen molar-refractivity contribution in [3.05, 3.63) is 54.6 Å². The van der Waals surface area contributed by atoms with E-state index < -0.39 is 0 Å². The third kappa shape index (κ3) is 4.47. The van der Waals surface area contributed by atoms with E-state index in [0.29, 0.717) is 18.0 Å². The number of para-hydroxylation sites is 3. The molecule has 120 valence electrons. The molecule has 1 atom stereocenters. The fraction of sp³-hybridized carbons (Fsp3) is 0.278. The summed E-state index contributed by atoms with van der Waals surface area (Å²) in [5.74, 6) is 0.645. The Balaban J connectivity index is 1.59. The molecule has 1 aliphatic heterocycles. The fourth-order valence-electron chi connectivity index (χ4n) is 2.46. The molecule has 0 bridgehead atoms. The van der Waals surface area contributed by atoms with Gasteiger partial charge in [0, 0.05) is 12.3 Å². The van der Waals surface area contributed by atoms with Crippen molar-refractivity contribution in [2.45, 2.75) is 18.9 Å². The molecule has 0 saturated carbocycles. The number of carbonyl (C=O) groups is 1. The zero-order valence-corrected chi connectivity index (χ0v) is 12.8. The van der Waals surface area contributed by atoms with Gasteiger partial charge in [-0.1, -0.05) is 30.3 Å². The van der Waals surface area contributed by atoms with Gasteiger partial charge in [0.2, 0.25) is 0 Å². The lowest BCUT2D eigenvalue weighted by atomic mass is 10.2. The molecule has 0 unspecified atom stereocenters. The third-order valence-corrected chi connectivity index (χ3v) is 3.62. The summed E-state index contributed by atoms with van der Waals surface area (Å²) in [5, 5.41) is 5.60. The minimum atomic E-state index is -0.302. The number of carbonyl (C=O) groups excluding carboxylic acids is 1. The van der Waals surface area contributed by atoms with Crippen molar-refractivity contribution in [2.24, 2.45) is 0 Å². The number of rotatable bonds is 5. The monoisotopic (exact) mass is 312 g/mol. The maximum atomic E-state index is 12.1. The number of hydrogen-bond donors (Lipinski definition) is 2. The lowest BCUT2D eigenvalue weighted by Crippen LogP contribution is -2.21. The number of hydrogen-bond acceptors (Lipinski definition) is 3. The number of amides is 2. The lowest BCUT2D eigenvalue weighted by Gasteiger charge is -2.15. The third-order valence-electron chi connectivity index (χ3n) is 3.62. The lowest BCUT2D eigenvalue weighted by molar-refractivity contribution is 0.0682. The zero-order valence-electron chi connectivity index (χ0n) is 12.8. The SMILES string of the molecule is O=C(Nc1ccccc1)Nc1ccccc1OC[C@H]1CCCO1. The first-order valence-corrected chi connectivity index (χ1v) is 7.78. The van der Waals surface area contributed by atoms with E-state index in [1.807, 2.05) is 54.6 Å². The van der Waals surface area contributed by atoms with Crippen LogP contribution < -0.4 is 15.4 Å². The summed E-state index contributed by atoms with van der Waals surface area (Å²) >= 11 is 0. The molecule has 2 N–H and O–H groups in total. The van der Waals surface area contributed by atoms with E-state index in [2.05, 4.69) is 10.6 Å². The molecule has 0 spiro atoms. The van der Waals surface area contributed by atoms with Gasteiger partial charge in [-0.15, -0.1) is 0 Å². The van der Waals surface area contributed by atoms with Crippen LogP contribution in [0.15, 0.2) is 54.6 Å². The van der Waals surface area contributed by atoms with Gasteiger partial charge in [-0.05, 0) is 37.1 Å². The molecule has 2 aromatic carbocycles. The highest BCUT2D eigenvalue weighted by Gasteiger charge is 2.17.